The summed E-state index contributed by atoms with van der Waals surface area (Å²) in [5.74, 6) is 0. The lowest BCUT2D eigenvalue weighted by molar-refractivity contribution is 0.670. The van der Waals surface area contributed by atoms with Crippen molar-refractivity contribution < 1.29 is 4.42 Å². The van der Waals surface area contributed by atoms with Crippen LogP contribution in [0.3, 0.4) is 0 Å². The van der Waals surface area contributed by atoms with Crippen LogP contribution in [0.25, 0.3) is 111 Å². The third kappa shape index (κ3) is 10.5. The van der Waals surface area contributed by atoms with E-state index < -0.39 is 0 Å². The third-order valence-electron chi connectivity index (χ3n) is 16.8. The average molecular weight is 1110 g/mol. The van der Waals surface area contributed by atoms with Gasteiger partial charge in [-0.05, 0) is 162 Å². The Morgan fingerprint density at radius 2 is 0.425 bits per heavy atom. The first-order valence-electron chi connectivity index (χ1n) is 29.7. The first-order valence-corrected chi connectivity index (χ1v) is 29.7. The Balaban J connectivity index is 0.830. The molecule has 0 saturated carbocycles. The molecule has 410 valence electrons. The highest BCUT2D eigenvalue weighted by atomic mass is 16.3. The maximum absolute atomic E-state index is 6.56. The van der Waals surface area contributed by atoms with Crippen molar-refractivity contribution in [1.82, 2.24) is 0 Å². The Kier molecular flexibility index (Phi) is 14.0. The van der Waals surface area contributed by atoms with Crippen LogP contribution in [-0.2, 0) is 0 Å². The van der Waals surface area contributed by atoms with Crippen molar-refractivity contribution in [1.29, 1.82) is 0 Å². The molecule has 0 atom stereocenters. The molecule has 0 saturated heterocycles. The number of benzene rings is 14. The monoisotopic (exact) mass is 1110 g/mol. The Hall–Kier alpha value is -11.5. The Bertz CT molecular complexity index is 4420. The fraction of sp³-hybridized carbons (Fsp3) is 0. The third-order valence-corrected chi connectivity index (χ3v) is 16.8. The van der Waals surface area contributed by atoms with Crippen LogP contribution in [0.2, 0.25) is 0 Å². The van der Waals surface area contributed by atoms with Gasteiger partial charge in [0.15, 0.2) is 0 Å². The molecule has 0 aliphatic heterocycles. The highest BCUT2D eigenvalue weighted by molar-refractivity contribution is 6.09. The van der Waals surface area contributed by atoms with Crippen LogP contribution in [0, 0.1) is 0 Å². The maximum atomic E-state index is 6.56. The van der Waals surface area contributed by atoms with Crippen molar-refractivity contribution >= 4 is 56.1 Å². The number of anilines is 6. The van der Waals surface area contributed by atoms with E-state index in [-0.39, 0.29) is 0 Å². The van der Waals surface area contributed by atoms with Crippen molar-refractivity contribution in [3.05, 3.63) is 352 Å². The molecule has 3 heteroatoms. The summed E-state index contributed by atoms with van der Waals surface area (Å²) in [6.45, 7) is 0. The molecule has 1 aromatic heterocycles. The molecule has 15 rings (SSSR count). The number of hydrogen-bond acceptors (Lipinski definition) is 3. The maximum Gasteiger partial charge on any atom is 0.143 e. The van der Waals surface area contributed by atoms with Crippen LogP contribution in [0.15, 0.2) is 356 Å². The molecule has 1 heterocycles. The Morgan fingerprint density at radius 1 is 0.172 bits per heavy atom. The zero-order valence-corrected chi connectivity index (χ0v) is 47.8. The van der Waals surface area contributed by atoms with Crippen LogP contribution >= 0.6 is 0 Å². The smallest absolute Gasteiger partial charge is 0.143 e. The van der Waals surface area contributed by atoms with Gasteiger partial charge in [0.2, 0.25) is 0 Å². The lowest BCUT2D eigenvalue weighted by Gasteiger charge is -2.27. The zero-order chi connectivity index (χ0) is 57.9. The van der Waals surface area contributed by atoms with E-state index in [9.17, 15) is 0 Å². The van der Waals surface area contributed by atoms with E-state index in [2.05, 4.69) is 350 Å². The first kappa shape index (κ1) is 52.3. The topological polar surface area (TPSA) is 19.6 Å². The number of fused-ring (bicyclic) bond motifs is 3. The number of para-hydroxylation sites is 2. The molecular formula is C84H58N2O. The van der Waals surface area contributed by atoms with Gasteiger partial charge in [-0.1, -0.05) is 273 Å². The summed E-state index contributed by atoms with van der Waals surface area (Å²) >= 11 is 0. The summed E-state index contributed by atoms with van der Waals surface area (Å²) in [7, 11) is 0. The summed E-state index contributed by atoms with van der Waals surface area (Å²) in [5, 5.41) is 2.24. The van der Waals surface area contributed by atoms with E-state index >= 15 is 0 Å². The van der Waals surface area contributed by atoms with E-state index in [0.717, 1.165) is 101 Å². The molecule has 0 bridgehead atoms. The predicted molar refractivity (Wildman–Crippen MR) is 367 cm³/mol. The summed E-state index contributed by atoms with van der Waals surface area (Å²) in [5.41, 5.74) is 26.6. The van der Waals surface area contributed by atoms with Gasteiger partial charge in [0.1, 0.15) is 11.2 Å². The first-order chi connectivity index (χ1) is 43.1. The standard InChI is InChI=1S/C84H58N2O/c1-5-17-59(18-6-1)63-35-47-71(48-36-63)85(72-49-37-64(38-50-72)60-19-7-2-8-20-60)75-55-43-67(44-56-75)77-26-15-27-78(83(77)70-33-31-69(32-34-70)79-28-16-29-81-80-25-13-14-30-82(80)87-84(79)81)68-45-57-76(58-46-68)86(73-51-39-65(40-52-73)61-21-9-3-10-22-61)74-53-41-66(42-54-74)62-23-11-4-12-24-62/h1-58H. The van der Waals surface area contributed by atoms with Gasteiger partial charge in [0.25, 0.3) is 0 Å². The van der Waals surface area contributed by atoms with Gasteiger partial charge in [0, 0.05) is 50.5 Å². The fourth-order valence-electron chi connectivity index (χ4n) is 12.3. The normalized spacial score (nSPS) is 11.2. The van der Waals surface area contributed by atoms with E-state index in [1.807, 2.05) is 12.1 Å². The van der Waals surface area contributed by atoms with Crippen LogP contribution in [-0.4, -0.2) is 0 Å². The van der Waals surface area contributed by atoms with Crippen molar-refractivity contribution in [3.8, 4) is 89.0 Å². The van der Waals surface area contributed by atoms with Crippen molar-refractivity contribution in [2.45, 2.75) is 0 Å². The van der Waals surface area contributed by atoms with E-state index in [1.54, 1.807) is 0 Å². The van der Waals surface area contributed by atoms with E-state index in [1.165, 1.54) is 44.5 Å². The Morgan fingerprint density at radius 3 is 0.793 bits per heavy atom. The van der Waals surface area contributed by atoms with Crippen LogP contribution < -0.4 is 9.80 Å². The van der Waals surface area contributed by atoms with Gasteiger partial charge in [-0.2, -0.15) is 0 Å². The number of hydrogen-bond donors (Lipinski definition) is 0. The fourth-order valence-corrected chi connectivity index (χ4v) is 12.3. The minimum Gasteiger partial charge on any atom is -0.455 e. The zero-order valence-electron chi connectivity index (χ0n) is 47.8. The van der Waals surface area contributed by atoms with E-state index in [0.29, 0.717) is 0 Å². The summed E-state index contributed by atoms with van der Waals surface area (Å²) < 4.78 is 6.56. The van der Waals surface area contributed by atoms with Crippen LogP contribution in [0.4, 0.5) is 34.1 Å². The van der Waals surface area contributed by atoms with Crippen molar-refractivity contribution in [2.24, 2.45) is 0 Å². The Labute approximate surface area is 508 Å². The second-order valence-electron chi connectivity index (χ2n) is 22.0. The van der Waals surface area contributed by atoms with Gasteiger partial charge >= 0.3 is 0 Å². The van der Waals surface area contributed by atoms with E-state index in [4.69, 9.17) is 4.42 Å². The quantitative estimate of drug-likeness (QED) is 0.108. The second-order valence-corrected chi connectivity index (χ2v) is 22.0. The van der Waals surface area contributed by atoms with Gasteiger partial charge in [-0.3, -0.25) is 0 Å². The molecule has 14 aromatic carbocycles. The van der Waals surface area contributed by atoms with Crippen LogP contribution in [0.1, 0.15) is 0 Å². The molecule has 0 aliphatic rings. The summed E-state index contributed by atoms with van der Waals surface area (Å²) in [6.07, 6.45) is 0. The highest BCUT2D eigenvalue weighted by Crippen LogP contribution is 2.45. The van der Waals surface area contributed by atoms with Gasteiger partial charge in [-0.15, -0.1) is 0 Å². The van der Waals surface area contributed by atoms with Gasteiger partial charge in [-0.25, -0.2) is 0 Å². The highest BCUT2D eigenvalue weighted by Gasteiger charge is 2.20. The average Bonchev–Trinajstić information content (AvgIpc) is 3.74. The van der Waals surface area contributed by atoms with Crippen molar-refractivity contribution in [2.75, 3.05) is 9.80 Å². The molecule has 87 heavy (non-hydrogen) atoms. The molecule has 0 radical (unpaired) electrons. The van der Waals surface area contributed by atoms with Crippen LogP contribution in [0.5, 0.6) is 0 Å². The minimum absolute atomic E-state index is 0.891. The predicted octanol–water partition coefficient (Wildman–Crippen LogP) is 23.9. The summed E-state index contributed by atoms with van der Waals surface area (Å²) in [4.78, 5) is 4.71. The van der Waals surface area contributed by atoms with Crippen molar-refractivity contribution in [3.63, 3.8) is 0 Å². The number of nitrogens with zero attached hydrogens (tertiary/aromatic N) is 2. The van der Waals surface area contributed by atoms with Gasteiger partial charge in [0.05, 0.1) is 0 Å². The molecular weight excluding hydrogens is 1050 g/mol. The molecule has 15 aromatic rings. The molecule has 0 aliphatic carbocycles. The SMILES string of the molecule is c1ccc(-c2ccc(N(c3ccc(-c4ccccc4)cc3)c3ccc(-c4cccc(-c5ccc(N(c6ccc(-c7ccccc7)cc6)c6ccc(-c7ccccc7)cc6)cc5)c4-c4ccc(-c5cccc6c5oc5ccccc56)cc4)cc3)cc2)cc1. The molecule has 0 fully saturated rings. The lowest BCUT2D eigenvalue weighted by atomic mass is 9.87. The number of furan rings is 1. The molecule has 3 nitrogen and oxygen atoms in total. The molecule has 0 amide bonds. The van der Waals surface area contributed by atoms with Gasteiger partial charge < -0.3 is 14.2 Å². The molecule has 0 N–H and O–H groups in total. The largest absolute Gasteiger partial charge is 0.455 e. The lowest BCUT2D eigenvalue weighted by Crippen LogP contribution is -2.10. The minimum atomic E-state index is 0.891. The molecule has 0 spiro atoms. The molecule has 0 unspecified atom stereocenters. The summed E-state index contributed by atoms with van der Waals surface area (Å²) in [6, 6.07) is 127. The second kappa shape index (κ2) is 23.3. The number of rotatable bonds is 14.